The minimum atomic E-state index is -0.212. The smallest absolute Gasteiger partial charge is 0.229 e. The zero-order valence-corrected chi connectivity index (χ0v) is 17.5. The molecule has 0 unspecified atom stereocenters. The highest BCUT2D eigenvalue weighted by molar-refractivity contribution is 6.02. The summed E-state index contributed by atoms with van der Waals surface area (Å²) >= 11 is 0. The number of nitrogens with zero attached hydrogens (tertiary/aromatic N) is 2. The van der Waals surface area contributed by atoms with Gasteiger partial charge in [0.15, 0.2) is 11.5 Å². The lowest BCUT2D eigenvalue weighted by Gasteiger charge is -2.19. The molecule has 0 bridgehead atoms. The number of likely N-dealkylation sites (N-methyl/N-ethyl adjacent to an activating group) is 1. The number of carbonyl (C=O) groups is 3. The summed E-state index contributed by atoms with van der Waals surface area (Å²) in [6.45, 7) is 8.08. The van der Waals surface area contributed by atoms with Gasteiger partial charge in [0.25, 0.3) is 0 Å². The number of nitrogens with one attached hydrogen (secondary N) is 1. The number of amides is 3. The molecule has 0 radical (unpaired) electrons. The van der Waals surface area contributed by atoms with E-state index < -0.39 is 0 Å². The van der Waals surface area contributed by atoms with Crippen LogP contribution in [0.2, 0.25) is 0 Å². The quantitative estimate of drug-likeness (QED) is 0.531. The van der Waals surface area contributed by atoms with Gasteiger partial charge in [-0.1, -0.05) is 19.9 Å². The van der Waals surface area contributed by atoms with Crippen LogP contribution in [0, 0.1) is 0 Å². The second-order valence-electron chi connectivity index (χ2n) is 6.83. The average molecular weight is 405 g/mol. The molecule has 29 heavy (non-hydrogen) atoms. The Morgan fingerprint density at radius 2 is 1.83 bits per heavy atom. The van der Waals surface area contributed by atoms with Crippen molar-refractivity contribution in [1.29, 1.82) is 0 Å². The molecule has 0 aliphatic carbocycles. The Balaban J connectivity index is 1.80. The zero-order valence-electron chi connectivity index (χ0n) is 17.5. The van der Waals surface area contributed by atoms with Crippen LogP contribution in [0.4, 0.5) is 0 Å². The Morgan fingerprint density at radius 3 is 2.45 bits per heavy atom. The van der Waals surface area contributed by atoms with E-state index in [-0.39, 0.29) is 43.5 Å². The third kappa shape index (κ3) is 6.74. The first kappa shape index (κ1) is 22.7. The highest BCUT2D eigenvalue weighted by Gasteiger charge is 2.28. The van der Waals surface area contributed by atoms with Crippen molar-refractivity contribution < 1.29 is 23.9 Å². The van der Waals surface area contributed by atoms with Crippen LogP contribution in [0.5, 0.6) is 11.5 Å². The molecule has 3 amide bonds. The second-order valence-corrected chi connectivity index (χ2v) is 6.83. The molecule has 0 saturated carbocycles. The number of methoxy groups -OCH3 is 1. The van der Waals surface area contributed by atoms with E-state index in [4.69, 9.17) is 9.47 Å². The first-order valence-electron chi connectivity index (χ1n) is 10.1. The third-order valence-corrected chi connectivity index (χ3v) is 4.99. The number of hydrogen-bond donors (Lipinski definition) is 1. The molecule has 0 atom stereocenters. The highest BCUT2D eigenvalue weighted by atomic mass is 16.5. The largest absolute Gasteiger partial charge is 0.493 e. The summed E-state index contributed by atoms with van der Waals surface area (Å²) < 4.78 is 11.2. The molecule has 1 fully saturated rings. The van der Waals surface area contributed by atoms with Crippen LogP contribution in [0.15, 0.2) is 18.2 Å². The Kier molecular flexibility index (Phi) is 8.92. The molecule has 1 saturated heterocycles. The van der Waals surface area contributed by atoms with E-state index in [1.807, 2.05) is 18.2 Å². The maximum absolute atomic E-state index is 12.0. The summed E-state index contributed by atoms with van der Waals surface area (Å²) in [4.78, 5) is 38.6. The molecule has 1 N–H and O–H groups in total. The summed E-state index contributed by atoms with van der Waals surface area (Å²) in [5.41, 5.74) is 0.875. The fourth-order valence-corrected chi connectivity index (χ4v) is 3.14. The molecular formula is C21H31N3O5. The van der Waals surface area contributed by atoms with E-state index in [1.165, 1.54) is 0 Å². The summed E-state index contributed by atoms with van der Waals surface area (Å²) in [5, 5.41) is 2.81. The molecule has 0 spiro atoms. The van der Waals surface area contributed by atoms with Crippen LogP contribution in [0.25, 0.3) is 0 Å². The molecule has 1 heterocycles. The molecule has 1 aliphatic rings. The number of ether oxygens (including phenoxy) is 2. The standard InChI is InChI=1S/C21H31N3O5/c1-4-23(5-2)12-13-29-17-7-6-16(14-18(17)28-3)15-22-19(25)10-11-24-20(26)8-9-21(24)27/h6-7,14H,4-5,8-13,15H2,1-3H3,(H,22,25). The van der Waals surface area contributed by atoms with Crippen molar-refractivity contribution in [3.63, 3.8) is 0 Å². The van der Waals surface area contributed by atoms with Crippen LogP contribution in [0.3, 0.4) is 0 Å². The highest BCUT2D eigenvalue weighted by Crippen LogP contribution is 2.28. The Bertz CT molecular complexity index is 702. The minimum absolute atomic E-state index is 0.0984. The minimum Gasteiger partial charge on any atom is -0.493 e. The summed E-state index contributed by atoms with van der Waals surface area (Å²) in [7, 11) is 1.58. The van der Waals surface area contributed by atoms with Crippen molar-refractivity contribution in [2.45, 2.75) is 39.7 Å². The Hall–Kier alpha value is -2.61. The molecular weight excluding hydrogens is 374 g/mol. The molecule has 1 aliphatic heterocycles. The van der Waals surface area contributed by atoms with Crippen LogP contribution >= 0.6 is 0 Å². The van der Waals surface area contributed by atoms with Gasteiger partial charge < -0.3 is 19.7 Å². The van der Waals surface area contributed by atoms with Gasteiger partial charge in [0.2, 0.25) is 17.7 Å². The van der Waals surface area contributed by atoms with Crippen LogP contribution in [-0.2, 0) is 20.9 Å². The van der Waals surface area contributed by atoms with Gasteiger partial charge in [-0.3, -0.25) is 19.3 Å². The average Bonchev–Trinajstić information content (AvgIpc) is 3.05. The maximum Gasteiger partial charge on any atom is 0.229 e. The topological polar surface area (TPSA) is 88.2 Å². The number of imide groups is 1. The number of benzene rings is 1. The molecule has 8 nitrogen and oxygen atoms in total. The third-order valence-electron chi connectivity index (χ3n) is 4.99. The number of rotatable bonds is 12. The van der Waals surface area contributed by atoms with Crippen molar-refractivity contribution in [2.75, 3.05) is 39.9 Å². The fourth-order valence-electron chi connectivity index (χ4n) is 3.14. The van der Waals surface area contributed by atoms with Gasteiger partial charge in [0.1, 0.15) is 6.61 Å². The first-order chi connectivity index (χ1) is 14.0. The van der Waals surface area contributed by atoms with E-state index in [0.29, 0.717) is 24.7 Å². The van der Waals surface area contributed by atoms with Gasteiger partial charge in [-0.25, -0.2) is 0 Å². The predicted octanol–water partition coefficient (Wildman–Crippen LogP) is 1.57. The van der Waals surface area contributed by atoms with E-state index in [1.54, 1.807) is 7.11 Å². The van der Waals surface area contributed by atoms with Gasteiger partial charge in [-0.2, -0.15) is 0 Å². The van der Waals surface area contributed by atoms with Crippen molar-refractivity contribution in [3.8, 4) is 11.5 Å². The summed E-state index contributed by atoms with van der Waals surface area (Å²) in [6.07, 6.45) is 0.578. The van der Waals surface area contributed by atoms with Gasteiger partial charge in [0.05, 0.1) is 7.11 Å². The monoisotopic (exact) mass is 405 g/mol. The molecule has 2 rings (SSSR count). The Labute approximate surface area is 172 Å². The van der Waals surface area contributed by atoms with Crippen molar-refractivity contribution in [3.05, 3.63) is 23.8 Å². The van der Waals surface area contributed by atoms with Crippen molar-refractivity contribution >= 4 is 17.7 Å². The molecule has 1 aromatic carbocycles. The van der Waals surface area contributed by atoms with E-state index >= 15 is 0 Å². The van der Waals surface area contributed by atoms with Crippen LogP contribution in [0.1, 0.15) is 38.7 Å². The normalized spacial score (nSPS) is 13.9. The van der Waals surface area contributed by atoms with Gasteiger partial charge in [-0.05, 0) is 30.8 Å². The first-order valence-corrected chi connectivity index (χ1v) is 10.1. The predicted molar refractivity (Wildman–Crippen MR) is 109 cm³/mol. The lowest BCUT2D eigenvalue weighted by atomic mass is 10.2. The number of likely N-dealkylation sites (tertiary alicyclic amines) is 1. The fraction of sp³-hybridized carbons (Fsp3) is 0.571. The summed E-state index contributed by atoms with van der Waals surface area (Å²) in [6, 6.07) is 5.55. The van der Waals surface area contributed by atoms with Crippen molar-refractivity contribution in [1.82, 2.24) is 15.1 Å². The van der Waals surface area contributed by atoms with Crippen LogP contribution < -0.4 is 14.8 Å². The van der Waals surface area contributed by atoms with Crippen LogP contribution in [-0.4, -0.2) is 67.4 Å². The van der Waals surface area contributed by atoms with Gasteiger partial charge >= 0.3 is 0 Å². The molecule has 1 aromatic rings. The lowest BCUT2D eigenvalue weighted by Crippen LogP contribution is -2.34. The zero-order chi connectivity index (χ0) is 21.2. The van der Waals surface area contributed by atoms with E-state index in [0.717, 1.165) is 30.1 Å². The maximum atomic E-state index is 12.0. The second kappa shape index (κ2) is 11.4. The number of carbonyl (C=O) groups excluding carboxylic acids is 3. The van der Waals surface area contributed by atoms with E-state index in [9.17, 15) is 14.4 Å². The van der Waals surface area contributed by atoms with E-state index in [2.05, 4.69) is 24.1 Å². The van der Waals surface area contributed by atoms with Crippen molar-refractivity contribution in [2.24, 2.45) is 0 Å². The molecule has 160 valence electrons. The van der Waals surface area contributed by atoms with Gasteiger partial charge in [-0.15, -0.1) is 0 Å². The molecule has 0 aromatic heterocycles. The Morgan fingerprint density at radius 1 is 1.14 bits per heavy atom. The lowest BCUT2D eigenvalue weighted by molar-refractivity contribution is -0.138. The SMILES string of the molecule is CCN(CC)CCOc1ccc(CNC(=O)CCN2C(=O)CCC2=O)cc1OC. The van der Waals surface area contributed by atoms with Gasteiger partial charge in [0, 0.05) is 38.9 Å². The molecule has 8 heteroatoms. The number of hydrogen-bond acceptors (Lipinski definition) is 6. The summed E-state index contributed by atoms with van der Waals surface area (Å²) in [5.74, 6) is 0.662.